The van der Waals surface area contributed by atoms with Crippen LogP contribution in [0.15, 0.2) is 18.2 Å². The molecule has 0 aliphatic rings. The molecule has 8 heteroatoms. The SMILES string of the molecule is COS(=O)(=O)[O-].Cc1sc2ccc(F)cc2[n+]1C. The molecule has 1 aromatic heterocycles. The smallest absolute Gasteiger partial charge is 0.234 e. The number of fused-ring (bicyclic) bond motifs is 1. The lowest BCUT2D eigenvalue weighted by molar-refractivity contribution is -0.646. The van der Waals surface area contributed by atoms with Crippen molar-refractivity contribution in [1.82, 2.24) is 0 Å². The summed E-state index contributed by atoms with van der Waals surface area (Å²) in [6.45, 7) is 2.03. The lowest BCUT2D eigenvalue weighted by Crippen LogP contribution is -2.28. The fourth-order valence-corrected chi connectivity index (χ4v) is 2.23. The van der Waals surface area contributed by atoms with E-state index < -0.39 is 10.4 Å². The van der Waals surface area contributed by atoms with E-state index in [0.29, 0.717) is 0 Å². The van der Waals surface area contributed by atoms with Crippen molar-refractivity contribution >= 4 is 32.0 Å². The van der Waals surface area contributed by atoms with Crippen LogP contribution in [0, 0.1) is 12.7 Å². The average Bonchev–Trinajstić information content (AvgIpc) is 2.56. The number of rotatable bonds is 1. The van der Waals surface area contributed by atoms with Gasteiger partial charge in [-0.1, -0.05) is 11.3 Å². The Bertz CT molecular complexity index is 651. The van der Waals surface area contributed by atoms with Crippen LogP contribution < -0.4 is 4.57 Å². The number of nitrogens with zero attached hydrogens (tertiary/aromatic N) is 1. The summed E-state index contributed by atoms with van der Waals surface area (Å²) in [4.78, 5) is 0. The van der Waals surface area contributed by atoms with E-state index >= 15 is 0 Å². The molecule has 1 heterocycles. The Kier molecular flexibility index (Phi) is 4.74. The van der Waals surface area contributed by atoms with Crippen molar-refractivity contribution in [3.63, 3.8) is 0 Å². The molecule has 2 aromatic rings. The molecule has 0 aliphatic heterocycles. The minimum atomic E-state index is -4.41. The molecule has 0 bridgehead atoms. The summed E-state index contributed by atoms with van der Waals surface area (Å²) < 4.78 is 47.0. The van der Waals surface area contributed by atoms with Crippen molar-refractivity contribution in [1.29, 1.82) is 0 Å². The van der Waals surface area contributed by atoms with Crippen LogP contribution >= 0.6 is 11.3 Å². The number of hydrogen-bond donors (Lipinski definition) is 0. The largest absolute Gasteiger partial charge is 0.726 e. The van der Waals surface area contributed by atoms with Gasteiger partial charge in [0.15, 0.2) is 0 Å². The average molecular weight is 293 g/mol. The monoisotopic (exact) mass is 293 g/mol. The van der Waals surface area contributed by atoms with Crippen molar-refractivity contribution in [2.24, 2.45) is 7.05 Å². The molecule has 0 saturated carbocycles. The van der Waals surface area contributed by atoms with Gasteiger partial charge in [-0.3, -0.25) is 4.18 Å². The summed E-state index contributed by atoms with van der Waals surface area (Å²) in [5.41, 5.74) is 0.970. The van der Waals surface area contributed by atoms with Gasteiger partial charge in [0.25, 0.3) is 0 Å². The predicted molar refractivity (Wildman–Crippen MR) is 64.4 cm³/mol. The Hall–Kier alpha value is -1.09. The zero-order chi connectivity index (χ0) is 13.9. The van der Waals surface area contributed by atoms with E-state index in [1.807, 2.05) is 24.6 Å². The first-order chi connectivity index (χ1) is 8.24. The van der Waals surface area contributed by atoms with Crippen LogP contribution in [0.4, 0.5) is 4.39 Å². The number of aryl methyl sites for hydroxylation is 2. The first-order valence-electron chi connectivity index (χ1n) is 4.80. The molecule has 1 aromatic carbocycles. The third-order valence-corrected chi connectivity index (χ3v) is 3.76. The Balaban J connectivity index is 0.000000232. The van der Waals surface area contributed by atoms with Crippen molar-refractivity contribution in [3.8, 4) is 0 Å². The van der Waals surface area contributed by atoms with Gasteiger partial charge in [0.2, 0.25) is 20.9 Å². The maximum Gasteiger partial charge on any atom is 0.234 e. The number of thiazole rings is 1. The summed E-state index contributed by atoms with van der Waals surface area (Å²) in [6.07, 6.45) is 0. The van der Waals surface area contributed by atoms with Crippen LogP contribution in [0.2, 0.25) is 0 Å². The molecule has 0 atom stereocenters. The van der Waals surface area contributed by atoms with Crippen molar-refractivity contribution in [2.45, 2.75) is 6.92 Å². The predicted octanol–water partition coefficient (Wildman–Crippen LogP) is 1.27. The molecule has 5 nitrogen and oxygen atoms in total. The summed E-state index contributed by atoms with van der Waals surface area (Å²) in [6, 6.07) is 4.89. The quantitative estimate of drug-likeness (QED) is 0.451. The molecule has 0 amide bonds. The van der Waals surface area contributed by atoms with E-state index in [-0.39, 0.29) is 5.82 Å². The highest BCUT2D eigenvalue weighted by atomic mass is 32.3. The van der Waals surface area contributed by atoms with Crippen molar-refractivity contribution in [3.05, 3.63) is 29.0 Å². The maximum absolute atomic E-state index is 12.8. The molecule has 0 spiro atoms. The molecular formula is C10H12FNO4S2. The first kappa shape index (κ1) is 15.0. The molecule has 0 unspecified atom stereocenters. The van der Waals surface area contributed by atoms with Gasteiger partial charge >= 0.3 is 0 Å². The van der Waals surface area contributed by atoms with Crippen LogP contribution in [-0.2, 0) is 21.6 Å². The van der Waals surface area contributed by atoms with Gasteiger partial charge in [0, 0.05) is 13.0 Å². The van der Waals surface area contributed by atoms with Crippen LogP contribution in [-0.4, -0.2) is 20.1 Å². The minimum Gasteiger partial charge on any atom is -0.726 e. The summed E-state index contributed by atoms with van der Waals surface area (Å²) in [5, 5.41) is 1.19. The Morgan fingerprint density at radius 3 is 2.50 bits per heavy atom. The Morgan fingerprint density at radius 2 is 2.00 bits per heavy atom. The Morgan fingerprint density at radius 1 is 1.44 bits per heavy atom. The van der Waals surface area contributed by atoms with Crippen molar-refractivity contribution < 1.29 is 26.1 Å². The normalized spacial score (nSPS) is 11.2. The Labute approximate surface area is 108 Å². The highest BCUT2D eigenvalue weighted by Crippen LogP contribution is 2.19. The van der Waals surface area contributed by atoms with Crippen LogP contribution in [0.5, 0.6) is 0 Å². The van der Waals surface area contributed by atoms with Crippen molar-refractivity contribution in [2.75, 3.05) is 7.11 Å². The van der Waals surface area contributed by atoms with E-state index in [1.54, 1.807) is 17.4 Å². The molecule has 0 N–H and O–H groups in total. The fraction of sp³-hybridized carbons (Fsp3) is 0.300. The van der Waals surface area contributed by atoms with Gasteiger partial charge in [0.05, 0.1) is 7.11 Å². The van der Waals surface area contributed by atoms with Gasteiger partial charge in [-0.2, -0.15) is 4.57 Å². The lowest BCUT2D eigenvalue weighted by Gasteiger charge is -1.98. The molecule has 2 rings (SSSR count). The second-order valence-corrected chi connectivity index (χ2v) is 5.75. The summed E-state index contributed by atoms with van der Waals surface area (Å²) >= 11 is 1.68. The zero-order valence-corrected chi connectivity index (χ0v) is 11.6. The highest BCUT2D eigenvalue weighted by molar-refractivity contribution is 7.80. The van der Waals surface area contributed by atoms with E-state index in [0.717, 1.165) is 17.3 Å². The molecule has 0 fully saturated rings. The number of benzene rings is 1. The van der Waals surface area contributed by atoms with E-state index in [4.69, 9.17) is 0 Å². The lowest BCUT2D eigenvalue weighted by atomic mass is 10.3. The first-order valence-corrected chi connectivity index (χ1v) is 6.95. The fourth-order valence-electron chi connectivity index (χ4n) is 1.24. The van der Waals surface area contributed by atoms with E-state index in [9.17, 15) is 17.4 Å². The molecule has 0 saturated heterocycles. The van der Waals surface area contributed by atoms with Gasteiger partial charge < -0.3 is 4.55 Å². The third-order valence-electron chi connectivity index (χ3n) is 2.22. The summed E-state index contributed by atoms with van der Waals surface area (Å²) in [7, 11) is -1.65. The van der Waals surface area contributed by atoms with Gasteiger partial charge in [-0.25, -0.2) is 12.8 Å². The molecule has 100 valence electrons. The third kappa shape index (κ3) is 3.98. The van der Waals surface area contributed by atoms with Gasteiger partial charge in [0.1, 0.15) is 17.6 Å². The topological polar surface area (TPSA) is 70.3 Å². The summed E-state index contributed by atoms with van der Waals surface area (Å²) in [5.74, 6) is -0.170. The minimum absolute atomic E-state index is 0.170. The van der Waals surface area contributed by atoms with Gasteiger partial charge in [-0.05, 0) is 12.1 Å². The highest BCUT2D eigenvalue weighted by Gasteiger charge is 2.12. The van der Waals surface area contributed by atoms with Crippen LogP contribution in [0.1, 0.15) is 5.01 Å². The van der Waals surface area contributed by atoms with Gasteiger partial charge in [-0.15, -0.1) is 0 Å². The molecular weight excluding hydrogens is 281 g/mol. The second kappa shape index (κ2) is 5.70. The molecule has 0 aliphatic carbocycles. The standard InChI is InChI=1S/C9H9FNS.CH4O4S/c1-6-11(2)8-5-7(10)3-4-9(8)12-6;1-5-6(2,3)4/h3-5H,1-2H3;1H3,(H,2,3,4)/q+1;/p-1. The number of hydrogen-bond acceptors (Lipinski definition) is 5. The number of halogens is 1. The van der Waals surface area contributed by atoms with Crippen LogP contribution in [0.3, 0.4) is 0 Å². The maximum atomic E-state index is 12.8. The van der Waals surface area contributed by atoms with Crippen LogP contribution in [0.25, 0.3) is 10.2 Å². The van der Waals surface area contributed by atoms with E-state index in [1.165, 1.54) is 11.1 Å². The van der Waals surface area contributed by atoms with E-state index in [2.05, 4.69) is 4.18 Å². The molecule has 18 heavy (non-hydrogen) atoms. The second-order valence-electron chi connectivity index (χ2n) is 3.37. The molecule has 0 radical (unpaired) electrons. The zero-order valence-electron chi connectivity index (χ0n) is 10.0. The number of aromatic nitrogens is 1.